The van der Waals surface area contributed by atoms with Crippen molar-refractivity contribution >= 4 is 22.7 Å². The molecule has 7 nitrogen and oxygen atoms in total. The van der Waals surface area contributed by atoms with Gasteiger partial charge in [0, 0.05) is 25.7 Å². The van der Waals surface area contributed by atoms with E-state index in [1.165, 1.54) is 0 Å². The highest BCUT2D eigenvalue weighted by Gasteiger charge is 2.36. The molecule has 5 rings (SSSR count). The summed E-state index contributed by atoms with van der Waals surface area (Å²) in [7, 11) is 0. The lowest BCUT2D eigenvalue weighted by Gasteiger charge is -2.34. The number of fused-ring (bicyclic) bond motifs is 1. The lowest BCUT2D eigenvalue weighted by atomic mass is 10.1. The van der Waals surface area contributed by atoms with Crippen molar-refractivity contribution in [2.75, 3.05) is 29.9 Å². The first kappa shape index (κ1) is 22.1. The molecule has 1 atom stereocenters. The molecule has 176 valence electrons. The number of morpholine rings is 1. The summed E-state index contributed by atoms with van der Waals surface area (Å²) in [6, 6.07) is 15.1. The van der Waals surface area contributed by atoms with Crippen molar-refractivity contribution in [2.45, 2.75) is 25.7 Å². The van der Waals surface area contributed by atoms with Crippen LogP contribution >= 0.6 is 0 Å². The minimum Gasteiger partial charge on any atom is -0.370 e. The fourth-order valence-electron chi connectivity index (χ4n) is 4.03. The number of hydrogen-bond acceptors (Lipinski definition) is 6. The summed E-state index contributed by atoms with van der Waals surface area (Å²) >= 11 is 0. The number of aromatic nitrogens is 4. The van der Waals surface area contributed by atoms with E-state index in [2.05, 4.69) is 25.3 Å². The third-order valence-electron chi connectivity index (χ3n) is 5.73. The van der Waals surface area contributed by atoms with E-state index < -0.39 is 12.0 Å². The van der Waals surface area contributed by atoms with Crippen molar-refractivity contribution in [1.29, 1.82) is 0 Å². The molecule has 2 aromatic heterocycles. The van der Waals surface area contributed by atoms with E-state index in [1.807, 2.05) is 54.3 Å². The van der Waals surface area contributed by atoms with Crippen molar-refractivity contribution in [3.8, 4) is 0 Å². The molecule has 1 saturated heterocycles. The molecule has 10 heteroatoms. The van der Waals surface area contributed by atoms with Crippen LogP contribution in [0.4, 0.5) is 24.8 Å². The van der Waals surface area contributed by atoms with Gasteiger partial charge in [0.2, 0.25) is 5.82 Å². The summed E-state index contributed by atoms with van der Waals surface area (Å²) in [6.45, 7) is 3.51. The van der Waals surface area contributed by atoms with Gasteiger partial charge in [0.05, 0.1) is 24.0 Å². The zero-order valence-corrected chi connectivity index (χ0v) is 18.4. The van der Waals surface area contributed by atoms with Gasteiger partial charge in [-0.1, -0.05) is 35.9 Å². The maximum absolute atomic E-state index is 13.6. The Labute approximate surface area is 194 Å². The first-order valence-electron chi connectivity index (χ1n) is 10.9. The van der Waals surface area contributed by atoms with Gasteiger partial charge in [-0.15, -0.1) is 0 Å². The van der Waals surface area contributed by atoms with Gasteiger partial charge in [0.15, 0.2) is 0 Å². The number of ether oxygens (including phenoxy) is 1. The van der Waals surface area contributed by atoms with Gasteiger partial charge in [0.1, 0.15) is 17.7 Å². The Morgan fingerprint density at radius 2 is 2.03 bits per heavy atom. The molecule has 0 spiro atoms. The zero-order chi connectivity index (χ0) is 23.7. The van der Waals surface area contributed by atoms with E-state index in [-0.39, 0.29) is 17.7 Å². The lowest BCUT2D eigenvalue weighted by Crippen LogP contribution is -2.39. The molecule has 1 aliphatic heterocycles. The van der Waals surface area contributed by atoms with Crippen LogP contribution in [0.1, 0.15) is 28.6 Å². The highest BCUT2D eigenvalue weighted by molar-refractivity contribution is 5.75. The van der Waals surface area contributed by atoms with Gasteiger partial charge in [-0.3, -0.25) is 0 Å². The van der Waals surface area contributed by atoms with Gasteiger partial charge < -0.3 is 19.9 Å². The van der Waals surface area contributed by atoms with Gasteiger partial charge in [-0.25, -0.2) is 15.0 Å². The number of hydrogen-bond donors (Lipinski definition) is 2. The molecule has 1 aliphatic rings. The number of H-pyrrole nitrogens is 1. The summed E-state index contributed by atoms with van der Waals surface area (Å²) in [6.07, 6.45) is -3.32. The molecule has 0 saturated carbocycles. The number of aromatic amines is 1. The molecular weight excluding hydrogens is 445 g/mol. The summed E-state index contributed by atoms with van der Waals surface area (Å²) in [4.78, 5) is 16.6. The number of halogens is 3. The van der Waals surface area contributed by atoms with Crippen LogP contribution in [0.5, 0.6) is 0 Å². The second-order valence-electron chi connectivity index (χ2n) is 8.26. The van der Waals surface area contributed by atoms with Crippen molar-refractivity contribution < 1.29 is 17.9 Å². The van der Waals surface area contributed by atoms with Crippen molar-refractivity contribution in [2.24, 2.45) is 0 Å². The SMILES string of the molecule is Cc1cccc(C2CN(c3cc(NCc4ccc5nc[nH]c5c4)nc(C(F)(F)F)n3)CCO2)c1. The minimum atomic E-state index is -4.66. The predicted molar refractivity (Wildman–Crippen MR) is 123 cm³/mol. The van der Waals surface area contributed by atoms with Crippen LogP contribution < -0.4 is 10.2 Å². The molecule has 1 unspecified atom stereocenters. The Morgan fingerprint density at radius 1 is 1.15 bits per heavy atom. The summed E-state index contributed by atoms with van der Waals surface area (Å²) in [5.41, 5.74) is 4.65. The molecule has 0 aliphatic carbocycles. The smallest absolute Gasteiger partial charge is 0.370 e. The van der Waals surface area contributed by atoms with E-state index in [9.17, 15) is 13.2 Å². The molecule has 0 radical (unpaired) electrons. The third kappa shape index (κ3) is 4.81. The molecular formula is C24H23F3N6O. The van der Waals surface area contributed by atoms with Gasteiger partial charge in [0.25, 0.3) is 0 Å². The maximum Gasteiger partial charge on any atom is 0.451 e. The molecule has 1 fully saturated rings. The molecule has 3 heterocycles. The molecule has 2 N–H and O–H groups in total. The Bertz CT molecular complexity index is 1310. The summed E-state index contributed by atoms with van der Waals surface area (Å²) in [5, 5.41) is 3.02. The van der Waals surface area contributed by atoms with Crippen LogP contribution in [0, 0.1) is 6.92 Å². The van der Waals surface area contributed by atoms with Gasteiger partial charge in [-0.05, 0) is 30.2 Å². The number of nitrogens with one attached hydrogen (secondary N) is 2. The standard InChI is InChI=1S/C24H23F3N6O/c1-15-3-2-4-17(9-15)20-13-33(7-8-34-20)22-11-21(31-23(32-22)24(25,26)27)28-12-16-5-6-18-19(10-16)30-14-29-18/h2-6,9-11,14,20H,7-8,12-13H2,1H3,(H,29,30)(H,28,31,32). The van der Waals surface area contributed by atoms with Crippen LogP contribution in [0.3, 0.4) is 0 Å². The van der Waals surface area contributed by atoms with Crippen molar-refractivity contribution in [3.63, 3.8) is 0 Å². The first-order chi connectivity index (χ1) is 16.3. The topological polar surface area (TPSA) is 79.0 Å². The average molecular weight is 468 g/mol. The number of anilines is 2. The molecule has 34 heavy (non-hydrogen) atoms. The zero-order valence-electron chi connectivity index (χ0n) is 18.4. The Balaban J connectivity index is 1.39. The van der Waals surface area contributed by atoms with Crippen LogP contribution in [0.25, 0.3) is 11.0 Å². The highest BCUT2D eigenvalue weighted by Crippen LogP contribution is 2.31. The van der Waals surface area contributed by atoms with Crippen LogP contribution in [0.15, 0.2) is 54.9 Å². The van der Waals surface area contributed by atoms with Crippen LogP contribution in [-0.2, 0) is 17.5 Å². The number of nitrogens with zero attached hydrogens (tertiary/aromatic N) is 4. The Morgan fingerprint density at radius 3 is 2.85 bits per heavy atom. The van der Waals surface area contributed by atoms with E-state index >= 15 is 0 Å². The van der Waals surface area contributed by atoms with Crippen molar-refractivity contribution in [1.82, 2.24) is 19.9 Å². The van der Waals surface area contributed by atoms with E-state index in [4.69, 9.17) is 4.74 Å². The monoisotopic (exact) mass is 468 g/mol. The maximum atomic E-state index is 13.6. The second kappa shape index (κ2) is 8.94. The fraction of sp³-hybridized carbons (Fsp3) is 0.292. The van der Waals surface area contributed by atoms with Gasteiger partial charge >= 0.3 is 6.18 Å². The molecule has 0 amide bonds. The number of aryl methyl sites for hydroxylation is 1. The number of imidazole rings is 1. The normalized spacial score (nSPS) is 16.7. The first-order valence-corrected chi connectivity index (χ1v) is 10.9. The molecule has 2 aromatic carbocycles. The van der Waals surface area contributed by atoms with E-state index in [0.29, 0.717) is 26.2 Å². The highest BCUT2D eigenvalue weighted by atomic mass is 19.4. The van der Waals surface area contributed by atoms with E-state index in [0.717, 1.165) is 27.7 Å². The Kier molecular flexibility index (Phi) is 5.82. The molecule has 4 aromatic rings. The number of rotatable bonds is 5. The van der Waals surface area contributed by atoms with Crippen LogP contribution in [0.2, 0.25) is 0 Å². The second-order valence-corrected chi connectivity index (χ2v) is 8.26. The Hall–Kier alpha value is -3.66. The van der Waals surface area contributed by atoms with E-state index in [1.54, 1.807) is 12.4 Å². The summed E-state index contributed by atoms with van der Waals surface area (Å²) < 4.78 is 46.7. The summed E-state index contributed by atoms with van der Waals surface area (Å²) in [5.74, 6) is -0.842. The largest absolute Gasteiger partial charge is 0.451 e. The lowest BCUT2D eigenvalue weighted by molar-refractivity contribution is -0.144. The number of benzene rings is 2. The minimum absolute atomic E-state index is 0.112. The van der Waals surface area contributed by atoms with Crippen molar-refractivity contribution in [3.05, 3.63) is 77.4 Å². The quantitative estimate of drug-likeness (QED) is 0.435. The molecule has 0 bridgehead atoms. The number of alkyl halides is 3. The predicted octanol–water partition coefficient (Wildman–Crippen LogP) is 4.87. The fourth-order valence-corrected chi connectivity index (χ4v) is 4.03. The van der Waals surface area contributed by atoms with Crippen LogP contribution in [-0.4, -0.2) is 39.6 Å². The van der Waals surface area contributed by atoms with Gasteiger partial charge in [-0.2, -0.15) is 13.2 Å². The third-order valence-corrected chi connectivity index (χ3v) is 5.73. The average Bonchev–Trinajstić information content (AvgIpc) is 3.30.